The lowest BCUT2D eigenvalue weighted by molar-refractivity contribution is -0.164. The third-order valence-corrected chi connectivity index (χ3v) is 6.15. The number of carbonyl (C=O) groups is 2. The molecule has 3 atom stereocenters. The van der Waals surface area contributed by atoms with Gasteiger partial charge < -0.3 is 14.6 Å². The Morgan fingerprint density at radius 1 is 0.882 bits per heavy atom. The van der Waals surface area contributed by atoms with Gasteiger partial charge in [-0.2, -0.15) is 0 Å². The van der Waals surface area contributed by atoms with Crippen molar-refractivity contribution in [3.8, 4) is 0 Å². The summed E-state index contributed by atoms with van der Waals surface area (Å²) in [6.45, 7) is 1.90. The number of carbonyl (C=O) groups excluding carboxylic acids is 2. The van der Waals surface area contributed by atoms with E-state index in [1.807, 2.05) is 97.9 Å². The van der Waals surface area contributed by atoms with Crippen molar-refractivity contribution in [1.29, 1.82) is 0 Å². The first kappa shape index (κ1) is 23.5. The number of nitrogens with zero attached hydrogens (tertiary/aromatic N) is 1. The Morgan fingerprint density at radius 3 is 1.97 bits per heavy atom. The summed E-state index contributed by atoms with van der Waals surface area (Å²) in [4.78, 5) is 27.5. The Bertz CT molecular complexity index is 1030. The second-order valence-electron chi connectivity index (χ2n) is 8.57. The predicted molar refractivity (Wildman–Crippen MR) is 127 cm³/mol. The van der Waals surface area contributed by atoms with E-state index in [1.165, 1.54) is 0 Å². The fourth-order valence-electron chi connectivity index (χ4n) is 4.21. The lowest BCUT2D eigenvalue weighted by atomic mass is 9.92. The fourth-order valence-corrected chi connectivity index (χ4v) is 4.21. The van der Waals surface area contributed by atoms with Gasteiger partial charge in [0.25, 0.3) is 0 Å². The van der Waals surface area contributed by atoms with Gasteiger partial charge in [0, 0.05) is 5.92 Å². The lowest BCUT2D eigenvalue weighted by Gasteiger charge is -2.40. The first-order valence-electron chi connectivity index (χ1n) is 11.5. The molecule has 1 N–H and O–H groups in total. The summed E-state index contributed by atoms with van der Waals surface area (Å²) in [7, 11) is 0. The quantitative estimate of drug-likeness (QED) is 0.521. The topological polar surface area (TPSA) is 76.1 Å². The van der Waals surface area contributed by atoms with Crippen LogP contribution in [-0.4, -0.2) is 34.3 Å². The molecule has 1 aliphatic rings. The van der Waals surface area contributed by atoms with Gasteiger partial charge in [0.05, 0.1) is 0 Å². The molecular weight excluding hydrogens is 430 g/mol. The minimum Gasteiger partial charge on any atom is -0.451 e. The number of hydrogen-bond donors (Lipinski definition) is 1. The number of piperidine rings is 1. The van der Waals surface area contributed by atoms with Gasteiger partial charge in [-0.15, -0.1) is 0 Å². The van der Waals surface area contributed by atoms with Crippen molar-refractivity contribution >= 4 is 12.1 Å². The van der Waals surface area contributed by atoms with Crippen LogP contribution in [0, 0.1) is 5.92 Å². The molecule has 0 bridgehead atoms. The number of hydrogen-bond acceptors (Lipinski definition) is 5. The molecule has 1 aliphatic heterocycles. The van der Waals surface area contributed by atoms with Crippen molar-refractivity contribution in [2.45, 2.75) is 44.7 Å². The molecule has 1 saturated heterocycles. The molecule has 1 fully saturated rings. The van der Waals surface area contributed by atoms with E-state index in [9.17, 15) is 14.7 Å². The van der Waals surface area contributed by atoms with Gasteiger partial charge >= 0.3 is 12.1 Å². The van der Waals surface area contributed by atoms with E-state index in [2.05, 4.69) is 0 Å². The standard InChI is InChI=1S/C28H29NO5/c1-20-17-18-24(29(26(20)30)28(32)33-19-21-11-5-2-6-12-21)27(31)34-25(22-13-7-3-8-14-22)23-15-9-4-10-16-23/h2-16,20,24-26,30H,17-19H2,1H3/t20-,24+,26+/m1/s1. The van der Waals surface area contributed by atoms with Crippen LogP contribution in [0.4, 0.5) is 4.79 Å². The minimum atomic E-state index is -1.14. The monoisotopic (exact) mass is 459 g/mol. The third kappa shape index (κ3) is 5.46. The molecule has 4 rings (SSSR count). The number of rotatable bonds is 6. The smallest absolute Gasteiger partial charge is 0.412 e. The largest absolute Gasteiger partial charge is 0.451 e. The van der Waals surface area contributed by atoms with Gasteiger partial charge in [0.15, 0.2) is 6.10 Å². The van der Waals surface area contributed by atoms with E-state index in [1.54, 1.807) is 0 Å². The van der Waals surface area contributed by atoms with Gasteiger partial charge in [-0.3, -0.25) is 4.90 Å². The Morgan fingerprint density at radius 2 is 1.41 bits per heavy atom. The van der Waals surface area contributed by atoms with Gasteiger partial charge in [-0.1, -0.05) is 97.9 Å². The molecule has 0 saturated carbocycles. The summed E-state index contributed by atoms with van der Waals surface area (Å²) in [5.41, 5.74) is 2.47. The van der Waals surface area contributed by atoms with Crippen molar-refractivity contribution in [2.24, 2.45) is 5.92 Å². The van der Waals surface area contributed by atoms with Crippen molar-refractivity contribution in [3.63, 3.8) is 0 Å². The Balaban J connectivity index is 1.54. The van der Waals surface area contributed by atoms with Crippen LogP contribution in [0.3, 0.4) is 0 Å². The zero-order valence-corrected chi connectivity index (χ0v) is 19.1. The van der Waals surface area contributed by atoms with Crippen LogP contribution in [-0.2, 0) is 20.9 Å². The third-order valence-electron chi connectivity index (χ3n) is 6.15. The van der Waals surface area contributed by atoms with E-state index >= 15 is 0 Å². The average Bonchev–Trinajstić information content (AvgIpc) is 2.88. The number of benzene rings is 3. The van der Waals surface area contributed by atoms with Crippen LogP contribution >= 0.6 is 0 Å². The first-order valence-corrected chi connectivity index (χ1v) is 11.5. The highest BCUT2D eigenvalue weighted by Crippen LogP contribution is 2.32. The Hall–Kier alpha value is -3.64. The molecule has 0 aliphatic carbocycles. The number of ether oxygens (including phenoxy) is 2. The molecule has 0 radical (unpaired) electrons. The molecule has 34 heavy (non-hydrogen) atoms. The summed E-state index contributed by atoms with van der Waals surface area (Å²) in [5, 5.41) is 10.8. The maximum atomic E-state index is 13.4. The molecule has 1 amide bonds. The second kappa shape index (κ2) is 11.0. The number of aliphatic hydroxyl groups is 1. The highest BCUT2D eigenvalue weighted by Gasteiger charge is 2.43. The molecule has 6 heteroatoms. The number of amides is 1. The SMILES string of the molecule is C[C@@H]1CC[C@@H](C(=O)OC(c2ccccc2)c2ccccc2)N(C(=O)OCc2ccccc2)[C@H]1O. The summed E-state index contributed by atoms with van der Waals surface area (Å²) in [5.74, 6) is -0.757. The van der Waals surface area contributed by atoms with Gasteiger partial charge in [0.2, 0.25) is 0 Å². The number of likely N-dealkylation sites (tertiary alicyclic amines) is 1. The van der Waals surface area contributed by atoms with Gasteiger partial charge in [-0.25, -0.2) is 9.59 Å². The van der Waals surface area contributed by atoms with Crippen LogP contribution < -0.4 is 0 Å². The molecule has 3 aromatic rings. The van der Waals surface area contributed by atoms with E-state index in [4.69, 9.17) is 9.47 Å². The van der Waals surface area contributed by atoms with Crippen LogP contribution in [0.2, 0.25) is 0 Å². The predicted octanol–water partition coefficient (Wildman–Crippen LogP) is 5.07. The average molecular weight is 460 g/mol. The first-order chi connectivity index (χ1) is 16.5. The number of aliphatic hydroxyl groups excluding tert-OH is 1. The van der Waals surface area contributed by atoms with E-state index in [-0.39, 0.29) is 12.5 Å². The van der Waals surface area contributed by atoms with Crippen LogP contribution in [0.15, 0.2) is 91.0 Å². The van der Waals surface area contributed by atoms with Crippen LogP contribution in [0.5, 0.6) is 0 Å². The van der Waals surface area contributed by atoms with Crippen molar-refractivity contribution < 1.29 is 24.2 Å². The van der Waals surface area contributed by atoms with Gasteiger partial charge in [-0.05, 0) is 29.5 Å². The van der Waals surface area contributed by atoms with E-state index < -0.39 is 30.4 Å². The highest BCUT2D eigenvalue weighted by atomic mass is 16.6. The summed E-state index contributed by atoms with van der Waals surface area (Å²) >= 11 is 0. The normalized spacial score (nSPS) is 20.1. The summed E-state index contributed by atoms with van der Waals surface area (Å²) in [6.07, 6.45) is -1.53. The zero-order valence-electron chi connectivity index (χ0n) is 19.1. The molecule has 0 aromatic heterocycles. The molecule has 3 aromatic carbocycles. The Kier molecular flexibility index (Phi) is 7.60. The van der Waals surface area contributed by atoms with Crippen molar-refractivity contribution in [1.82, 2.24) is 4.90 Å². The zero-order chi connectivity index (χ0) is 23.9. The summed E-state index contributed by atoms with van der Waals surface area (Å²) in [6, 6.07) is 27.3. The Labute approximate surface area is 199 Å². The number of esters is 1. The molecule has 1 heterocycles. The maximum Gasteiger partial charge on any atom is 0.412 e. The van der Waals surface area contributed by atoms with Crippen LogP contribution in [0.1, 0.15) is 42.6 Å². The van der Waals surface area contributed by atoms with Crippen LogP contribution in [0.25, 0.3) is 0 Å². The second-order valence-corrected chi connectivity index (χ2v) is 8.57. The van der Waals surface area contributed by atoms with Gasteiger partial charge in [0.1, 0.15) is 18.9 Å². The molecule has 6 nitrogen and oxygen atoms in total. The highest BCUT2D eigenvalue weighted by molar-refractivity contribution is 5.82. The van der Waals surface area contributed by atoms with E-state index in [0.29, 0.717) is 12.8 Å². The van der Waals surface area contributed by atoms with Crippen molar-refractivity contribution in [2.75, 3.05) is 0 Å². The van der Waals surface area contributed by atoms with Crippen molar-refractivity contribution in [3.05, 3.63) is 108 Å². The summed E-state index contributed by atoms with van der Waals surface area (Å²) < 4.78 is 11.4. The molecule has 176 valence electrons. The molecular formula is C28H29NO5. The molecule has 0 unspecified atom stereocenters. The minimum absolute atomic E-state index is 0.0513. The van der Waals surface area contributed by atoms with E-state index in [0.717, 1.165) is 21.6 Å². The lowest BCUT2D eigenvalue weighted by Crippen LogP contribution is -2.56. The maximum absolute atomic E-state index is 13.4. The molecule has 0 spiro atoms. The fraction of sp³-hybridized carbons (Fsp3) is 0.286.